The summed E-state index contributed by atoms with van der Waals surface area (Å²) >= 11 is 0. The lowest BCUT2D eigenvalue weighted by atomic mass is 9.82. The highest BCUT2D eigenvalue weighted by molar-refractivity contribution is 6.71. The molecule has 0 bridgehead atoms. The zero-order valence-corrected chi connectivity index (χ0v) is 31.1. The molecule has 1 spiro atoms. The molecule has 3 aromatic rings. The summed E-state index contributed by atoms with van der Waals surface area (Å²) in [5.41, 5.74) is 2.52. The zero-order chi connectivity index (χ0) is 36.6. The molecule has 3 saturated heterocycles. The van der Waals surface area contributed by atoms with Gasteiger partial charge in [-0.25, -0.2) is 0 Å². The van der Waals surface area contributed by atoms with Crippen LogP contribution >= 0.6 is 0 Å². The summed E-state index contributed by atoms with van der Waals surface area (Å²) in [5, 5.41) is 30.2. The predicted octanol–water partition coefficient (Wildman–Crippen LogP) is 2.63. The van der Waals surface area contributed by atoms with Crippen LogP contribution in [0.3, 0.4) is 0 Å². The van der Waals surface area contributed by atoms with Crippen molar-refractivity contribution in [1.29, 1.82) is 0 Å². The third kappa shape index (κ3) is 7.05. The number of benzene rings is 2. The number of aliphatic hydroxyl groups is 1. The van der Waals surface area contributed by atoms with Gasteiger partial charge in [-0.2, -0.15) is 0 Å². The van der Waals surface area contributed by atoms with E-state index in [4.69, 9.17) is 4.74 Å². The van der Waals surface area contributed by atoms with Crippen molar-refractivity contribution in [1.82, 2.24) is 25.6 Å². The molecule has 0 saturated carbocycles. The van der Waals surface area contributed by atoms with Crippen molar-refractivity contribution < 1.29 is 29.0 Å². The number of nitrogens with one attached hydrogen (secondary N) is 4. The number of nitrogens with zero attached hydrogens (tertiary/aromatic N) is 4. The monoisotopic (exact) mass is 730 g/mol. The van der Waals surface area contributed by atoms with E-state index in [1.807, 2.05) is 62.5 Å². The molecule has 278 valence electrons. The molecule has 7 rings (SSSR count). The SMILES string of the molecule is C[C@H]1[C@H]([Si](C)(C)O)[C@@H](CCn2cc(CCO)nn2)O[C@]12C(=O)N(Cc1ccc(NC(=O)[C@H]3CCCN3)cc1)c1ccc(NC(=O)[C@H]3CCCN3)cc12. The lowest BCUT2D eigenvalue weighted by Crippen LogP contribution is -2.46. The van der Waals surface area contributed by atoms with Gasteiger partial charge < -0.3 is 40.8 Å². The molecular weight excluding hydrogens is 681 g/mol. The van der Waals surface area contributed by atoms with Gasteiger partial charge in [-0.3, -0.25) is 19.1 Å². The van der Waals surface area contributed by atoms with Crippen molar-refractivity contribution in [3.63, 3.8) is 0 Å². The maximum atomic E-state index is 15.0. The van der Waals surface area contributed by atoms with Gasteiger partial charge in [0.15, 0.2) is 13.9 Å². The van der Waals surface area contributed by atoms with E-state index >= 15 is 0 Å². The summed E-state index contributed by atoms with van der Waals surface area (Å²) < 4.78 is 8.73. The molecule has 6 atom stereocenters. The standard InChI is InChI=1S/C37H50N8O6Si/c1-23-33(52(2,3)50)32(14-18-44-22-27(15-19-46)42-43-44)51-37(23)28-20-26(41-35(48)30-7-5-17-39-30)12-13-31(28)45(36(37)49)21-24-8-10-25(11-9-24)40-34(47)29-6-4-16-38-29/h8-13,20,22-23,29-30,32-33,38-39,46,50H,4-7,14-19,21H2,1-3H3,(H,40,47)(H,41,48)/t23-,29+,30+,32+,33-,37+/m0/s1. The number of carbonyl (C=O) groups excluding carboxylic acids is 3. The third-order valence-electron chi connectivity index (χ3n) is 11.2. The van der Waals surface area contributed by atoms with E-state index in [1.54, 1.807) is 15.8 Å². The first-order valence-electron chi connectivity index (χ1n) is 18.5. The second-order valence-corrected chi connectivity index (χ2v) is 19.2. The second kappa shape index (κ2) is 14.8. The van der Waals surface area contributed by atoms with Crippen LogP contribution in [0.4, 0.5) is 17.1 Å². The average molecular weight is 731 g/mol. The molecule has 3 fully saturated rings. The quantitative estimate of drug-likeness (QED) is 0.152. The minimum absolute atomic E-state index is 0.0205. The molecule has 1 aromatic heterocycles. The fourth-order valence-corrected chi connectivity index (χ4v) is 11.3. The maximum absolute atomic E-state index is 15.0. The molecule has 52 heavy (non-hydrogen) atoms. The average Bonchev–Trinajstić information content (AvgIpc) is 3.96. The normalized spacial score (nSPS) is 27.1. The van der Waals surface area contributed by atoms with Gasteiger partial charge in [-0.1, -0.05) is 24.3 Å². The number of aliphatic hydroxyl groups excluding tert-OH is 1. The molecule has 15 heteroatoms. The van der Waals surface area contributed by atoms with Crippen LogP contribution < -0.4 is 26.2 Å². The minimum Gasteiger partial charge on any atom is -0.432 e. The Labute approximate surface area is 304 Å². The summed E-state index contributed by atoms with van der Waals surface area (Å²) in [6, 6.07) is 12.6. The number of aryl methyl sites for hydroxylation is 1. The van der Waals surface area contributed by atoms with Crippen molar-refractivity contribution in [3.05, 3.63) is 65.5 Å². The van der Waals surface area contributed by atoms with Crippen molar-refractivity contribution in [3.8, 4) is 0 Å². The highest BCUT2D eigenvalue weighted by atomic mass is 28.4. The van der Waals surface area contributed by atoms with Gasteiger partial charge in [0.2, 0.25) is 11.8 Å². The topological polar surface area (TPSA) is 183 Å². The first-order valence-corrected chi connectivity index (χ1v) is 21.5. The summed E-state index contributed by atoms with van der Waals surface area (Å²) in [4.78, 5) is 54.3. The van der Waals surface area contributed by atoms with Gasteiger partial charge in [0.05, 0.1) is 36.1 Å². The van der Waals surface area contributed by atoms with Crippen LogP contribution in [0.2, 0.25) is 18.6 Å². The third-order valence-corrected chi connectivity index (χ3v) is 13.7. The molecule has 0 aliphatic carbocycles. The highest BCUT2D eigenvalue weighted by Gasteiger charge is 2.66. The maximum Gasteiger partial charge on any atom is 0.264 e. The van der Waals surface area contributed by atoms with Crippen molar-refractivity contribution in [2.75, 3.05) is 35.2 Å². The number of rotatable bonds is 12. The number of ether oxygens (including phenoxy) is 1. The molecule has 6 N–H and O–H groups in total. The van der Waals surface area contributed by atoms with E-state index in [0.29, 0.717) is 47.7 Å². The van der Waals surface area contributed by atoms with E-state index in [-0.39, 0.29) is 54.4 Å². The molecular formula is C37H50N8O6Si. The molecule has 4 aliphatic rings. The Kier molecular flexibility index (Phi) is 10.3. The number of carbonyl (C=O) groups is 3. The Bertz CT molecular complexity index is 1780. The van der Waals surface area contributed by atoms with E-state index in [0.717, 1.165) is 44.3 Å². The van der Waals surface area contributed by atoms with Gasteiger partial charge in [-0.15, -0.1) is 5.10 Å². The van der Waals surface area contributed by atoms with Gasteiger partial charge in [0.25, 0.3) is 5.91 Å². The van der Waals surface area contributed by atoms with Crippen molar-refractivity contribution >= 4 is 43.1 Å². The molecule has 3 amide bonds. The number of fused-ring (bicyclic) bond motifs is 2. The summed E-state index contributed by atoms with van der Waals surface area (Å²) in [7, 11) is -2.92. The first-order chi connectivity index (χ1) is 25.0. The fraction of sp³-hybridized carbons (Fsp3) is 0.541. The minimum atomic E-state index is -2.92. The van der Waals surface area contributed by atoms with Crippen LogP contribution in [0, 0.1) is 5.92 Å². The second-order valence-electron chi connectivity index (χ2n) is 15.2. The molecule has 5 heterocycles. The number of aromatic nitrogens is 3. The fourth-order valence-electron chi connectivity index (χ4n) is 8.67. The number of hydrogen-bond donors (Lipinski definition) is 6. The summed E-state index contributed by atoms with van der Waals surface area (Å²) in [6.45, 7) is 8.13. The van der Waals surface area contributed by atoms with Crippen LogP contribution in [-0.2, 0) is 44.2 Å². The predicted molar refractivity (Wildman–Crippen MR) is 198 cm³/mol. The van der Waals surface area contributed by atoms with E-state index in [1.165, 1.54) is 0 Å². The number of amides is 3. The van der Waals surface area contributed by atoms with E-state index in [9.17, 15) is 24.3 Å². The van der Waals surface area contributed by atoms with E-state index in [2.05, 4.69) is 31.6 Å². The lowest BCUT2D eigenvalue weighted by Gasteiger charge is -2.32. The van der Waals surface area contributed by atoms with Crippen LogP contribution in [-0.4, -0.2) is 88.8 Å². The van der Waals surface area contributed by atoms with Crippen LogP contribution in [0.5, 0.6) is 0 Å². The van der Waals surface area contributed by atoms with Crippen molar-refractivity contribution in [2.24, 2.45) is 5.92 Å². The molecule has 4 aliphatic heterocycles. The lowest BCUT2D eigenvalue weighted by molar-refractivity contribution is -0.146. The largest absolute Gasteiger partial charge is 0.432 e. The molecule has 14 nitrogen and oxygen atoms in total. The molecule has 2 aromatic carbocycles. The van der Waals surface area contributed by atoms with Crippen LogP contribution in [0.25, 0.3) is 0 Å². The smallest absolute Gasteiger partial charge is 0.264 e. The number of anilines is 3. The Morgan fingerprint density at radius 3 is 2.29 bits per heavy atom. The van der Waals surface area contributed by atoms with Crippen molar-refractivity contribution in [2.45, 2.75) is 101 Å². The van der Waals surface area contributed by atoms with E-state index < -0.39 is 20.0 Å². The molecule has 0 unspecified atom stereocenters. The van der Waals surface area contributed by atoms with Gasteiger partial charge in [-0.05, 0) is 94.2 Å². The Morgan fingerprint density at radius 2 is 1.67 bits per heavy atom. The van der Waals surface area contributed by atoms with Crippen LogP contribution in [0.15, 0.2) is 48.7 Å². The van der Waals surface area contributed by atoms with Gasteiger partial charge in [0, 0.05) is 54.2 Å². The Balaban J connectivity index is 1.19. The van der Waals surface area contributed by atoms with Gasteiger partial charge in [0.1, 0.15) is 0 Å². The Hall–Kier alpha value is -3.99. The molecule has 0 radical (unpaired) electrons. The number of hydrogen-bond acceptors (Lipinski definition) is 10. The summed E-state index contributed by atoms with van der Waals surface area (Å²) in [5.74, 6) is -0.761. The first kappa shape index (κ1) is 36.4. The summed E-state index contributed by atoms with van der Waals surface area (Å²) in [6.07, 6.45) is 5.74. The van der Waals surface area contributed by atoms with Crippen LogP contribution in [0.1, 0.15) is 55.8 Å². The Morgan fingerprint density at radius 1 is 1.02 bits per heavy atom. The zero-order valence-electron chi connectivity index (χ0n) is 30.1. The highest BCUT2D eigenvalue weighted by Crippen LogP contribution is 2.60. The van der Waals surface area contributed by atoms with Gasteiger partial charge >= 0.3 is 0 Å².